The molecule has 0 saturated heterocycles. The van der Waals surface area contributed by atoms with Gasteiger partial charge in [0.05, 0.1) is 5.25 Å². The lowest BCUT2D eigenvalue weighted by atomic mass is 9.93. The van der Waals surface area contributed by atoms with Crippen molar-refractivity contribution in [2.45, 2.75) is 37.0 Å². The molecule has 122 valence electrons. The molecule has 1 aromatic heterocycles. The molecule has 0 aliphatic heterocycles. The van der Waals surface area contributed by atoms with Crippen molar-refractivity contribution in [1.82, 2.24) is 4.90 Å². The first kappa shape index (κ1) is 16.5. The van der Waals surface area contributed by atoms with Crippen LogP contribution in [0.3, 0.4) is 0 Å². The van der Waals surface area contributed by atoms with E-state index in [0.29, 0.717) is 12.8 Å². The van der Waals surface area contributed by atoms with Crippen molar-refractivity contribution in [2.24, 2.45) is 0 Å². The van der Waals surface area contributed by atoms with Gasteiger partial charge < -0.3 is 14.4 Å². The molecule has 1 aliphatic carbocycles. The van der Waals surface area contributed by atoms with Gasteiger partial charge >= 0.3 is 5.97 Å². The molecule has 8 heteroatoms. The lowest BCUT2D eigenvalue weighted by Crippen LogP contribution is -2.49. The Morgan fingerprint density at radius 1 is 1.23 bits per heavy atom. The standard InChI is InChI=1S/C14H19NO6S/c1-15(9-5-3-4-6-12(9)22(2,19)20)13(16)10-7-8-11(21-10)14(17)18/h7-9,12H,3-6H2,1-2H3,(H,17,18). The van der Waals surface area contributed by atoms with Crippen LogP contribution in [-0.4, -0.2) is 54.9 Å². The minimum Gasteiger partial charge on any atom is -0.475 e. The molecule has 0 aromatic carbocycles. The molecule has 0 spiro atoms. The Morgan fingerprint density at radius 3 is 2.36 bits per heavy atom. The fourth-order valence-electron chi connectivity index (χ4n) is 2.91. The van der Waals surface area contributed by atoms with E-state index in [-0.39, 0.29) is 11.5 Å². The van der Waals surface area contributed by atoms with E-state index < -0.39 is 33.0 Å². The number of nitrogens with zero attached hydrogens (tertiary/aromatic N) is 1. The number of hydrogen-bond acceptors (Lipinski definition) is 5. The van der Waals surface area contributed by atoms with Crippen LogP contribution in [0.1, 0.15) is 46.8 Å². The third-order valence-corrected chi connectivity index (χ3v) is 5.71. The lowest BCUT2D eigenvalue weighted by Gasteiger charge is -2.36. The fraction of sp³-hybridized carbons (Fsp3) is 0.571. The highest BCUT2D eigenvalue weighted by Gasteiger charge is 2.37. The molecular weight excluding hydrogens is 310 g/mol. The van der Waals surface area contributed by atoms with Gasteiger partial charge in [0.25, 0.3) is 5.91 Å². The normalized spacial score (nSPS) is 22.3. The number of carbonyl (C=O) groups excluding carboxylic acids is 1. The summed E-state index contributed by atoms with van der Waals surface area (Å²) in [6.45, 7) is 0. The molecule has 1 heterocycles. The van der Waals surface area contributed by atoms with Gasteiger partial charge in [0, 0.05) is 19.3 Å². The average Bonchev–Trinajstić information content (AvgIpc) is 2.95. The molecular formula is C14H19NO6S. The number of hydrogen-bond donors (Lipinski definition) is 1. The van der Waals surface area contributed by atoms with Crippen molar-refractivity contribution in [1.29, 1.82) is 0 Å². The van der Waals surface area contributed by atoms with Crippen LogP contribution in [0.25, 0.3) is 0 Å². The molecule has 7 nitrogen and oxygen atoms in total. The lowest BCUT2D eigenvalue weighted by molar-refractivity contribution is 0.0634. The molecule has 22 heavy (non-hydrogen) atoms. The third kappa shape index (κ3) is 3.32. The Balaban J connectivity index is 2.22. The molecule has 2 rings (SSSR count). The molecule has 1 fully saturated rings. The minimum atomic E-state index is -3.26. The Bertz CT molecular complexity index is 677. The van der Waals surface area contributed by atoms with Crippen LogP contribution in [0.15, 0.2) is 16.5 Å². The number of rotatable bonds is 4. The number of aromatic carboxylic acids is 1. The predicted octanol–water partition coefficient (Wildman–Crippen LogP) is 1.41. The minimum absolute atomic E-state index is 0.0993. The van der Waals surface area contributed by atoms with E-state index >= 15 is 0 Å². The predicted molar refractivity (Wildman–Crippen MR) is 78.6 cm³/mol. The van der Waals surface area contributed by atoms with Crippen LogP contribution in [0.2, 0.25) is 0 Å². The molecule has 1 saturated carbocycles. The number of furan rings is 1. The number of sulfone groups is 1. The highest BCUT2D eigenvalue weighted by Crippen LogP contribution is 2.28. The summed E-state index contributed by atoms with van der Waals surface area (Å²) in [6.07, 6.45) is 3.99. The van der Waals surface area contributed by atoms with Crippen molar-refractivity contribution in [3.05, 3.63) is 23.7 Å². The van der Waals surface area contributed by atoms with Gasteiger partial charge in [0.2, 0.25) is 5.76 Å². The van der Waals surface area contributed by atoms with Gasteiger partial charge in [-0.25, -0.2) is 13.2 Å². The second kappa shape index (κ2) is 6.12. The highest BCUT2D eigenvalue weighted by atomic mass is 32.2. The van der Waals surface area contributed by atoms with E-state index in [1.165, 1.54) is 30.3 Å². The molecule has 2 atom stereocenters. The van der Waals surface area contributed by atoms with Crippen LogP contribution in [0.5, 0.6) is 0 Å². The monoisotopic (exact) mass is 329 g/mol. The fourth-order valence-corrected chi connectivity index (χ4v) is 4.40. The topological polar surface area (TPSA) is 105 Å². The van der Waals surface area contributed by atoms with Crippen LogP contribution in [0.4, 0.5) is 0 Å². The Labute approximate surface area is 128 Å². The molecule has 1 aliphatic rings. The van der Waals surface area contributed by atoms with Gasteiger partial charge in [-0.3, -0.25) is 4.79 Å². The first-order valence-corrected chi connectivity index (χ1v) is 8.96. The maximum Gasteiger partial charge on any atom is 0.371 e. The molecule has 2 unspecified atom stereocenters. The molecule has 0 radical (unpaired) electrons. The first-order valence-electron chi connectivity index (χ1n) is 7.01. The third-order valence-electron chi connectivity index (χ3n) is 4.06. The van der Waals surface area contributed by atoms with Crippen molar-refractivity contribution >= 4 is 21.7 Å². The molecule has 0 bridgehead atoms. The maximum atomic E-state index is 12.4. The van der Waals surface area contributed by atoms with Gasteiger partial charge in [0.15, 0.2) is 15.6 Å². The number of carbonyl (C=O) groups is 2. The van der Waals surface area contributed by atoms with E-state index in [4.69, 9.17) is 9.52 Å². The van der Waals surface area contributed by atoms with Gasteiger partial charge in [-0.2, -0.15) is 0 Å². The summed E-state index contributed by atoms with van der Waals surface area (Å²) in [5, 5.41) is 8.22. The van der Waals surface area contributed by atoms with Crippen LogP contribution in [-0.2, 0) is 9.84 Å². The zero-order valence-corrected chi connectivity index (χ0v) is 13.3. The zero-order chi connectivity index (χ0) is 16.5. The summed E-state index contributed by atoms with van der Waals surface area (Å²) in [5.41, 5.74) is 0. The largest absolute Gasteiger partial charge is 0.475 e. The van der Waals surface area contributed by atoms with Crippen molar-refractivity contribution in [3.8, 4) is 0 Å². The SMILES string of the molecule is CN(C(=O)c1ccc(C(=O)O)o1)C1CCCCC1S(C)(=O)=O. The summed E-state index contributed by atoms with van der Waals surface area (Å²) >= 11 is 0. The summed E-state index contributed by atoms with van der Waals surface area (Å²) in [7, 11) is -1.74. The van der Waals surface area contributed by atoms with E-state index in [9.17, 15) is 18.0 Å². The van der Waals surface area contributed by atoms with Crippen molar-refractivity contribution in [3.63, 3.8) is 0 Å². The Morgan fingerprint density at radius 2 is 1.82 bits per heavy atom. The summed E-state index contributed by atoms with van der Waals surface area (Å²) < 4.78 is 28.8. The number of amides is 1. The Kier molecular flexibility index (Phi) is 4.60. The van der Waals surface area contributed by atoms with Crippen molar-refractivity contribution in [2.75, 3.05) is 13.3 Å². The molecule has 1 N–H and O–H groups in total. The molecule has 1 aromatic rings. The second-order valence-corrected chi connectivity index (χ2v) is 7.87. The smallest absolute Gasteiger partial charge is 0.371 e. The second-order valence-electron chi connectivity index (χ2n) is 5.60. The summed E-state index contributed by atoms with van der Waals surface area (Å²) in [5.74, 6) is -2.18. The highest BCUT2D eigenvalue weighted by molar-refractivity contribution is 7.91. The zero-order valence-electron chi connectivity index (χ0n) is 12.5. The van der Waals surface area contributed by atoms with E-state index in [1.807, 2.05) is 0 Å². The van der Waals surface area contributed by atoms with Gasteiger partial charge in [-0.1, -0.05) is 12.8 Å². The van der Waals surface area contributed by atoms with E-state index in [1.54, 1.807) is 0 Å². The van der Waals surface area contributed by atoms with Gasteiger partial charge in [0.1, 0.15) is 0 Å². The summed E-state index contributed by atoms with van der Waals surface area (Å²) in [4.78, 5) is 24.5. The Hall–Kier alpha value is -1.83. The molecule has 1 amide bonds. The quantitative estimate of drug-likeness (QED) is 0.895. The number of carboxylic acid groups (broad SMARTS) is 1. The van der Waals surface area contributed by atoms with Gasteiger partial charge in [-0.15, -0.1) is 0 Å². The maximum absolute atomic E-state index is 12.4. The average molecular weight is 329 g/mol. The van der Waals surface area contributed by atoms with Crippen LogP contribution >= 0.6 is 0 Å². The summed E-state index contributed by atoms with van der Waals surface area (Å²) in [6, 6.07) is 2.08. The van der Waals surface area contributed by atoms with Crippen LogP contribution < -0.4 is 0 Å². The number of carboxylic acids is 1. The first-order chi connectivity index (χ1) is 10.2. The van der Waals surface area contributed by atoms with E-state index in [2.05, 4.69) is 0 Å². The van der Waals surface area contributed by atoms with Crippen molar-refractivity contribution < 1.29 is 27.5 Å². The van der Waals surface area contributed by atoms with Gasteiger partial charge in [-0.05, 0) is 25.0 Å². The van der Waals surface area contributed by atoms with E-state index in [0.717, 1.165) is 12.8 Å². The van der Waals surface area contributed by atoms with Crippen LogP contribution in [0, 0.1) is 0 Å².